The van der Waals surface area contributed by atoms with Crippen molar-refractivity contribution in [2.75, 3.05) is 26.2 Å². The molecule has 1 atom stereocenters. The summed E-state index contributed by atoms with van der Waals surface area (Å²) in [4.78, 5) is 22.5. The number of piperazine rings is 1. The summed E-state index contributed by atoms with van der Waals surface area (Å²) in [5, 5.41) is 7.10. The van der Waals surface area contributed by atoms with Crippen molar-refractivity contribution in [3.05, 3.63) is 82.2 Å². The molecule has 0 bridgehead atoms. The number of nitrogens with zero attached hydrogens (tertiary/aromatic N) is 4. The number of aromatic nitrogens is 3. The lowest BCUT2D eigenvalue weighted by atomic mass is 9.92. The molecule has 2 aromatic heterocycles. The zero-order chi connectivity index (χ0) is 27.2. The number of amides is 2. The van der Waals surface area contributed by atoms with Crippen LogP contribution in [0.2, 0.25) is 5.02 Å². The van der Waals surface area contributed by atoms with E-state index in [0.29, 0.717) is 11.1 Å². The van der Waals surface area contributed by atoms with Gasteiger partial charge in [0.1, 0.15) is 0 Å². The van der Waals surface area contributed by atoms with Crippen LogP contribution in [0.1, 0.15) is 66.2 Å². The van der Waals surface area contributed by atoms with Crippen molar-refractivity contribution in [1.82, 2.24) is 30.1 Å². The lowest BCUT2D eigenvalue weighted by Crippen LogP contribution is -2.52. The van der Waals surface area contributed by atoms with Crippen molar-refractivity contribution in [2.24, 2.45) is 12.8 Å². The number of imidazole rings is 1. The van der Waals surface area contributed by atoms with Gasteiger partial charge in [-0.05, 0) is 59.4 Å². The molecule has 1 aliphatic heterocycles. The van der Waals surface area contributed by atoms with Crippen molar-refractivity contribution in [3.8, 4) is 0 Å². The molecule has 0 spiro atoms. The minimum atomic E-state index is -0.291. The third-order valence-electron chi connectivity index (χ3n) is 7.82. The molecular weight excluding hydrogens is 510 g/mol. The van der Waals surface area contributed by atoms with E-state index < -0.39 is 0 Å². The molecule has 39 heavy (non-hydrogen) atoms. The first-order chi connectivity index (χ1) is 19.0. The van der Waals surface area contributed by atoms with Crippen LogP contribution >= 0.6 is 11.6 Å². The van der Waals surface area contributed by atoms with Gasteiger partial charge in [-0.15, -0.1) is 0 Å². The zero-order valence-electron chi connectivity index (χ0n) is 22.6. The van der Waals surface area contributed by atoms with E-state index in [-0.39, 0.29) is 12.1 Å². The Morgan fingerprint density at radius 1 is 1.18 bits per heavy atom. The molecule has 1 saturated heterocycles. The third-order valence-corrected chi connectivity index (χ3v) is 8.06. The number of carbonyl (C=O) groups is 1. The molecule has 1 aromatic carbocycles. The van der Waals surface area contributed by atoms with Crippen LogP contribution in [0.15, 0.2) is 49.1 Å². The van der Waals surface area contributed by atoms with Gasteiger partial charge in [0, 0.05) is 56.9 Å². The first-order valence-corrected chi connectivity index (χ1v) is 14.3. The highest BCUT2D eigenvalue weighted by Gasteiger charge is 2.23. The van der Waals surface area contributed by atoms with Crippen LogP contribution < -0.4 is 16.4 Å². The van der Waals surface area contributed by atoms with E-state index >= 15 is 0 Å². The molecule has 9 heteroatoms. The molecule has 3 aliphatic rings. The number of pyridine rings is 1. The number of rotatable bonds is 3. The lowest BCUT2D eigenvalue weighted by Gasteiger charge is -2.31. The number of nitrogens with two attached hydrogens (primary N) is 1. The van der Waals surface area contributed by atoms with Crippen LogP contribution in [0.5, 0.6) is 0 Å². The number of benzene rings is 1. The van der Waals surface area contributed by atoms with Crippen LogP contribution in [-0.2, 0) is 13.5 Å². The van der Waals surface area contributed by atoms with Gasteiger partial charge in [-0.1, -0.05) is 43.0 Å². The van der Waals surface area contributed by atoms with E-state index in [2.05, 4.69) is 38.8 Å². The zero-order valence-corrected chi connectivity index (χ0v) is 23.3. The van der Waals surface area contributed by atoms with E-state index in [1.54, 1.807) is 6.33 Å². The van der Waals surface area contributed by atoms with E-state index in [0.717, 1.165) is 73.5 Å². The number of urea groups is 1. The number of aryl methyl sites for hydroxylation is 1. The van der Waals surface area contributed by atoms with Crippen molar-refractivity contribution >= 4 is 29.3 Å². The Morgan fingerprint density at radius 2 is 1.97 bits per heavy atom. The summed E-state index contributed by atoms with van der Waals surface area (Å²) in [6.07, 6.45) is 14.5. The maximum atomic E-state index is 11.9. The molecule has 206 valence electrons. The maximum absolute atomic E-state index is 11.9. The molecule has 1 unspecified atom stereocenters. The first-order valence-electron chi connectivity index (χ1n) is 13.9. The maximum Gasteiger partial charge on any atom is 0.317 e. The van der Waals surface area contributed by atoms with Crippen LogP contribution in [-0.4, -0.2) is 57.7 Å². The van der Waals surface area contributed by atoms with E-state index in [9.17, 15) is 4.79 Å². The van der Waals surface area contributed by atoms with Gasteiger partial charge < -0.3 is 25.8 Å². The van der Waals surface area contributed by atoms with Gasteiger partial charge in [0.05, 0.1) is 30.0 Å². The molecule has 3 heterocycles. The SMILES string of the molecule is Cn1cncc1C(N)C1=Cc2cccnc2Cc2ccc(Cl)cc21.O=C(NC1CCCCC1)N1CCNCC1. The van der Waals surface area contributed by atoms with Crippen molar-refractivity contribution in [1.29, 1.82) is 0 Å². The van der Waals surface area contributed by atoms with Gasteiger partial charge in [-0.3, -0.25) is 4.98 Å². The Bertz CT molecular complexity index is 1310. The Morgan fingerprint density at radius 3 is 2.72 bits per heavy atom. The Kier molecular flexibility index (Phi) is 8.96. The van der Waals surface area contributed by atoms with Gasteiger partial charge in [-0.25, -0.2) is 9.78 Å². The van der Waals surface area contributed by atoms with Gasteiger partial charge in [0.25, 0.3) is 0 Å². The predicted octanol–water partition coefficient (Wildman–Crippen LogP) is 4.55. The summed E-state index contributed by atoms with van der Waals surface area (Å²) in [5.41, 5.74) is 13.0. The second kappa shape index (κ2) is 12.8. The number of halogens is 1. The molecular formula is C30H38ClN7O. The summed E-state index contributed by atoms with van der Waals surface area (Å²) >= 11 is 6.27. The molecule has 2 fully saturated rings. The Balaban J connectivity index is 0.000000177. The van der Waals surface area contributed by atoms with Crippen LogP contribution in [0.25, 0.3) is 11.6 Å². The fraction of sp³-hybridized carbons (Fsp3) is 0.433. The Hall–Kier alpha value is -3.20. The highest BCUT2D eigenvalue weighted by Crippen LogP contribution is 2.37. The smallest absolute Gasteiger partial charge is 0.317 e. The molecule has 8 nitrogen and oxygen atoms in total. The van der Waals surface area contributed by atoms with Crippen molar-refractivity contribution in [3.63, 3.8) is 0 Å². The van der Waals surface area contributed by atoms with Crippen LogP contribution in [0, 0.1) is 0 Å². The van der Waals surface area contributed by atoms with Crippen molar-refractivity contribution < 1.29 is 4.79 Å². The van der Waals surface area contributed by atoms with Gasteiger partial charge in [0.15, 0.2) is 0 Å². The average molecular weight is 548 g/mol. The summed E-state index contributed by atoms with van der Waals surface area (Å²) in [6, 6.07) is 10.3. The monoisotopic (exact) mass is 547 g/mol. The van der Waals surface area contributed by atoms with E-state index in [1.807, 2.05) is 47.1 Å². The van der Waals surface area contributed by atoms with Gasteiger partial charge in [0.2, 0.25) is 0 Å². The highest BCUT2D eigenvalue weighted by atomic mass is 35.5. The molecule has 6 rings (SSSR count). The average Bonchev–Trinajstić information content (AvgIpc) is 3.32. The van der Waals surface area contributed by atoms with Crippen molar-refractivity contribution in [2.45, 2.75) is 50.6 Å². The summed E-state index contributed by atoms with van der Waals surface area (Å²) < 4.78 is 1.95. The molecule has 0 radical (unpaired) electrons. The minimum absolute atomic E-state index is 0.142. The number of carbonyl (C=O) groups excluding carboxylic acids is 1. The first kappa shape index (κ1) is 27.4. The summed E-state index contributed by atoms with van der Waals surface area (Å²) in [6.45, 7) is 3.55. The normalized spacial score (nSPS) is 18.0. The van der Waals surface area contributed by atoms with Gasteiger partial charge >= 0.3 is 6.03 Å². The van der Waals surface area contributed by atoms with E-state index in [1.165, 1.54) is 24.8 Å². The van der Waals surface area contributed by atoms with E-state index in [4.69, 9.17) is 17.3 Å². The highest BCUT2D eigenvalue weighted by molar-refractivity contribution is 6.30. The second-order valence-electron chi connectivity index (χ2n) is 10.5. The number of nitrogens with one attached hydrogen (secondary N) is 2. The molecule has 1 saturated carbocycles. The van der Waals surface area contributed by atoms with Crippen LogP contribution in [0.4, 0.5) is 4.79 Å². The quantitative estimate of drug-likeness (QED) is 0.446. The largest absolute Gasteiger partial charge is 0.336 e. The van der Waals surface area contributed by atoms with Crippen LogP contribution in [0.3, 0.4) is 0 Å². The summed E-state index contributed by atoms with van der Waals surface area (Å²) in [5.74, 6) is 0. The third kappa shape index (κ3) is 6.69. The predicted molar refractivity (Wildman–Crippen MR) is 156 cm³/mol. The molecule has 2 aliphatic carbocycles. The fourth-order valence-electron chi connectivity index (χ4n) is 5.59. The number of hydrogen-bond acceptors (Lipinski definition) is 5. The number of fused-ring (bicyclic) bond motifs is 2. The molecule has 2 amide bonds. The Labute approximate surface area is 235 Å². The second-order valence-corrected chi connectivity index (χ2v) is 11.0. The standard InChI is InChI=1S/C19H17ClN4.C11H21N3O/c1-24-11-22-10-18(24)19(21)16-7-13-3-2-6-23-17(13)8-12-4-5-14(20)9-15(12)16;15-11(14-8-6-12-7-9-14)13-10-4-2-1-3-5-10/h2-7,9-11,19H,8,21H2,1H3;10,12H,1-9H2,(H,13,15). The number of hydrogen-bond donors (Lipinski definition) is 3. The summed E-state index contributed by atoms with van der Waals surface area (Å²) in [7, 11) is 1.95. The fourth-order valence-corrected chi connectivity index (χ4v) is 5.76. The molecule has 4 N–H and O–H groups in total. The topological polar surface area (TPSA) is 101 Å². The lowest BCUT2D eigenvalue weighted by molar-refractivity contribution is 0.183. The van der Waals surface area contributed by atoms with Gasteiger partial charge in [-0.2, -0.15) is 0 Å². The molecule has 3 aromatic rings. The minimum Gasteiger partial charge on any atom is -0.336 e.